The van der Waals surface area contributed by atoms with Crippen molar-refractivity contribution >= 4 is 13.8 Å². The van der Waals surface area contributed by atoms with Gasteiger partial charge in [0.15, 0.2) is 0 Å². The van der Waals surface area contributed by atoms with Crippen LogP contribution >= 0.6 is 7.82 Å². The molecule has 0 bridgehead atoms. The van der Waals surface area contributed by atoms with E-state index in [9.17, 15) is 14.3 Å². The normalized spacial score (nSPS) is 14.0. The maximum atomic E-state index is 12.5. The third-order valence-electron chi connectivity index (χ3n) is 7.91. The topological polar surface area (TPSA) is 94.1 Å². The molecule has 0 amide bonds. The molecule has 2 unspecified atom stereocenters. The highest BCUT2D eigenvalue weighted by molar-refractivity contribution is 7.45. The molecule has 0 rings (SSSR count). The summed E-state index contributed by atoms with van der Waals surface area (Å²) in [5.41, 5.74) is 0. The van der Waals surface area contributed by atoms with Crippen molar-refractivity contribution in [2.45, 2.75) is 168 Å². The third kappa shape index (κ3) is 32.9. The lowest BCUT2D eigenvalue weighted by molar-refractivity contribution is -0.870. The van der Waals surface area contributed by atoms with E-state index in [0.717, 1.165) is 32.1 Å². The van der Waals surface area contributed by atoms with Gasteiger partial charge in [-0.15, -0.1) is 0 Å². The molecular weight excluding hydrogens is 577 g/mol. The number of unbranched alkanes of at least 4 members (excludes halogenated alkanes) is 20. The van der Waals surface area contributed by atoms with E-state index in [4.69, 9.17) is 18.5 Å². The molecule has 0 aromatic rings. The van der Waals surface area contributed by atoms with E-state index in [2.05, 4.69) is 13.8 Å². The SMILES string of the molecule is CCCCCCCCCCCCCCCCOCC(COP(=O)([O-])OCC[N+](C)(C)C)OC(=O)CCCCCCCCCC. The average Bonchev–Trinajstić information content (AvgIpc) is 2.96. The largest absolute Gasteiger partial charge is 0.756 e. The van der Waals surface area contributed by atoms with Crippen molar-refractivity contribution < 1.29 is 37.3 Å². The van der Waals surface area contributed by atoms with Gasteiger partial charge in [-0.1, -0.05) is 142 Å². The van der Waals surface area contributed by atoms with Crippen molar-refractivity contribution in [1.29, 1.82) is 0 Å². The molecule has 0 aromatic heterocycles. The summed E-state index contributed by atoms with van der Waals surface area (Å²) in [6.07, 6.45) is 26.8. The molecular formula is C35H72NO7P. The fourth-order valence-corrected chi connectivity index (χ4v) is 5.74. The lowest BCUT2D eigenvalue weighted by Gasteiger charge is -2.28. The van der Waals surface area contributed by atoms with Gasteiger partial charge < -0.3 is 27.9 Å². The molecule has 0 spiro atoms. The number of ether oxygens (including phenoxy) is 2. The maximum Gasteiger partial charge on any atom is 0.306 e. The summed E-state index contributed by atoms with van der Waals surface area (Å²) < 4.78 is 34.3. The van der Waals surface area contributed by atoms with Crippen LogP contribution in [0.2, 0.25) is 0 Å². The quantitative estimate of drug-likeness (QED) is 0.0297. The van der Waals surface area contributed by atoms with Gasteiger partial charge in [0.05, 0.1) is 34.4 Å². The molecule has 0 heterocycles. The summed E-state index contributed by atoms with van der Waals surface area (Å²) in [4.78, 5) is 24.8. The van der Waals surface area contributed by atoms with Gasteiger partial charge >= 0.3 is 5.97 Å². The predicted molar refractivity (Wildman–Crippen MR) is 181 cm³/mol. The van der Waals surface area contributed by atoms with Crippen molar-refractivity contribution in [3.63, 3.8) is 0 Å². The average molecular weight is 650 g/mol. The molecule has 0 aliphatic heterocycles. The minimum Gasteiger partial charge on any atom is -0.756 e. The Labute approximate surface area is 272 Å². The van der Waals surface area contributed by atoms with Gasteiger partial charge in [-0.05, 0) is 12.8 Å². The van der Waals surface area contributed by atoms with Gasteiger partial charge in [0.1, 0.15) is 19.3 Å². The second-order valence-electron chi connectivity index (χ2n) is 13.6. The van der Waals surface area contributed by atoms with Crippen molar-refractivity contribution in [2.75, 3.05) is 54.1 Å². The molecule has 0 aromatic carbocycles. The van der Waals surface area contributed by atoms with E-state index < -0.39 is 13.9 Å². The lowest BCUT2D eigenvalue weighted by Crippen LogP contribution is -2.37. The summed E-state index contributed by atoms with van der Waals surface area (Å²) >= 11 is 0. The Hall–Kier alpha value is -0.500. The summed E-state index contributed by atoms with van der Waals surface area (Å²) in [7, 11) is 1.37. The van der Waals surface area contributed by atoms with Crippen LogP contribution in [0.3, 0.4) is 0 Å². The van der Waals surface area contributed by atoms with E-state index in [1.807, 2.05) is 21.1 Å². The molecule has 0 aliphatic rings. The Morgan fingerprint density at radius 2 is 1.05 bits per heavy atom. The monoisotopic (exact) mass is 650 g/mol. The Kier molecular flexibility index (Phi) is 29.5. The van der Waals surface area contributed by atoms with Gasteiger partial charge in [0.25, 0.3) is 7.82 Å². The van der Waals surface area contributed by atoms with E-state index in [1.54, 1.807) is 0 Å². The van der Waals surface area contributed by atoms with Crippen molar-refractivity contribution in [3.8, 4) is 0 Å². The van der Waals surface area contributed by atoms with Gasteiger partial charge in [-0.2, -0.15) is 0 Å². The number of carbonyl (C=O) groups is 1. The molecule has 44 heavy (non-hydrogen) atoms. The number of quaternary nitrogens is 1. The predicted octanol–water partition coefficient (Wildman–Crippen LogP) is 9.13. The van der Waals surface area contributed by atoms with Crippen LogP contribution in [0.1, 0.15) is 162 Å². The summed E-state index contributed by atoms with van der Waals surface area (Å²) in [6, 6.07) is 0. The highest BCUT2D eigenvalue weighted by Crippen LogP contribution is 2.38. The first-order valence-corrected chi connectivity index (χ1v) is 19.7. The number of hydrogen-bond donors (Lipinski definition) is 0. The number of likely N-dealkylation sites (N-methyl/N-ethyl adjacent to an activating group) is 1. The Balaban J connectivity index is 4.24. The van der Waals surface area contributed by atoms with Crippen molar-refractivity contribution in [3.05, 3.63) is 0 Å². The second kappa shape index (κ2) is 29.9. The smallest absolute Gasteiger partial charge is 0.306 e. The fourth-order valence-electron chi connectivity index (χ4n) is 5.02. The maximum absolute atomic E-state index is 12.5. The summed E-state index contributed by atoms with van der Waals surface area (Å²) in [6.45, 7) is 5.40. The number of esters is 1. The van der Waals surface area contributed by atoms with Crippen molar-refractivity contribution in [1.82, 2.24) is 0 Å². The minimum absolute atomic E-state index is 0.0306. The van der Waals surface area contributed by atoms with Crippen LogP contribution in [0.15, 0.2) is 0 Å². The molecule has 264 valence electrons. The first-order valence-electron chi connectivity index (χ1n) is 18.3. The van der Waals surface area contributed by atoms with Gasteiger partial charge in [0.2, 0.25) is 0 Å². The zero-order valence-electron chi connectivity index (χ0n) is 29.6. The summed E-state index contributed by atoms with van der Waals surface area (Å²) in [5, 5.41) is 0. The molecule has 0 fully saturated rings. The first kappa shape index (κ1) is 43.5. The van der Waals surface area contributed by atoms with Crippen LogP contribution in [0.5, 0.6) is 0 Å². The number of phosphoric acid groups is 1. The van der Waals surface area contributed by atoms with E-state index in [0.29, 0.717) is 24.1 Å². The van der Waals surface area contributed by atoms with E-state index in [-0.39, 0.29) is 25.8 Å². The number of nitrogens with zero attached hydrogens (tertiary/aromatic N) is 1. The van der Waals surface area contributed by atoms with Crippen molar-refractivity contribution in [2.24, 2.45) is 0 Å². The molecule has 0 radical (unpaired) electrons. The van der Waals surface area contributed by atoms with E-state index in [1.165, 1.54) is 109 Å². The van der Waals surface area contributed by atoms with Crippen LogP contribution in [-0.2, 0) is 27.9 Å². The fraction of sp³-hybridized carbons (Fsp3) is 0.971. The lowest BCUT2D eigenvalue weighted by atomic mass is 10.0. The number of phosphoric ester groups is 1. The molecule has 9 heteroatoms. The third-order valence-corrected chi connectivity index (χ3v) is 8.87. The molecule has 0 N–H and O–H groups in total. The van der Waals surface area contributed by atoms with Crippen LogP contribution in [-0.4, -0.2) is 70.7 Å². The van der Waals surface area contributed by atoms with Gasteiger partial charge in [0, 0.05) is 13.0 Å². The first-order chi connectivity index (χ1) is 21.1. The zero-order chi connectivity index (χ0) is 32.8. The van der Waals surface area contributed by atoms with Gasteiger partial charge in [-0.25, -0.2) is 0 Å². The summed E-state index contributed by atoms with van der Waals surface area (Å²) in [5.74, 6) is -0.337. The molecule has 0 saturated heterocycles. The number of rotatable bonds is 34. The molecule has 0 saturated carbocycles. The van der Waals surface area contributed by atoms with E-state index >= 15 is 0 Å². The minimum atomic E-state index is -4.50. The van der Waals surface area contributed by atoms with Crippen LogP contribution in [0, 0.1) is 0 Å². The van der Waals surface area contributed by atoms with Crippen LogP contribution < -0.4 is 4.89 Å². The molecule has 2 atom stereocenters. The Morgan fingerprint density at radius 3 is 1.50 bits per heavy atom. The highest BCUT2D eigenvalue weighted by Gasteiger charge is 2.20. The number of hydrogen-bond acceptors (Lipinski definition) is 7. The standard InChI is InChI=1S/C35H72NO7P/c1-6-8-10-12-14-16-17-18-19-20-21-23-25-27-30-40-32-34(33-42-44(38,39)41-31-29-36(3,4)5)43-35(37)28-26-24-22-15-13-11-9-7-2/h34H,6-33H2,1-5H3. The zero-order valence-corrected chi connectivity index (χ0v) is 30.5. The highest BCUT2D eigenvalue weighted by atomic mass is 31.2. The molecule has 8 nitrogen and oxygen atoms in total. The van der Waals surface area contributed by atoms with Crippen LogP contribution in [0.4, 0.5) is 0 Å². The Morgan fingerprint density at radius 1 is 0.614 bits per heavy atom. The van der Waals surface area contributed by atoms with Gasteiger partial charge in [-0.3, -0.25) is 9.36 Å². The molecule has 0 aliphatic carbocycles. The number of carbonyl (C=O) groups excluding carboxylic acids is 1. The Bertz CT molecular complexity index is 686. The second-order valence-corrected chi connectivity index (χ2v) is 15.0. The van der Waals surface area contributed by atoms with Crippen LogP contribution in [0.25, 0.3) is 0 Å².